The van der Waals surface area contributed by atoms with Crippen molar-refractivity contribution >= 4 is 33.5 Å². The van der Waals surface area contributed by atoms with Crippen molar-refractivity contribution in [3.63, 3.8) is 0 Å². The maximum Gasteiger partial charge on any atom is 0.339 e. The molecule has 1 N–H and O–H groups in total. The Balaban J connectivity index is 1.95. The predicted octanol–water partition coefficient (Wildman–Crippen LogP) is 3.40. The molecule has 2 rings (SSSR count). The number of hydrogen-bond acceptors (Lipinski definition) is 5. The van der Waals surface area contributed by atoms with Crippen LogP contribution in [0.3, 0.4) is 0 Å². The summed E-state index contributed by atoms with van der Waals surface area (Å²) >= 11 is 3.07. The Morgan fingerprint density at radius 2 is 1.80 bits per heavy atom. The fourth-order valence-corrected chi connectivity index (χ4v) is 2.49. The van der Waals surface area contributed by atoms with Crippen LogP contribution in [0, 0.1) is 5.82 Å². The highest BCUT2D eigenvalue weighted by Crippen LogP contribution is 2.29. The van der Waals surface area contributed by atoms with Crippen LogP contribution in [-0.4, -0.2) is 32.7 Å². The molecule has 0 bridgehead atoms. The Labute approximate surface area is 152 Å². The summed E-state index contributed by atoms with van der Waals surface area (Å²) < 4.78 is 28.4. The zero-order valence-electron chi connectivity index (χ0n) is 13.5. The Morgan fingerprint density at radius 3 is 2.44 bits per heavy atom. The van der Waals surface area contributed by atoms with E-state index in [0.717, 1.165) is 12.1 Å². The molecule has 2 aromatic rings. The molecule has 0 aliphatic heterocycles. The summed E-state index contributed by atoms with van der Waals surface area (Å²) in [6.07, 6.45) is 0. The van der Waals surface area contributed by atoms with Gasteiger partial charge in [0.05, 0.1) is 19.8 Å². The summed E-state index contributed by atoms with van der Waals surface area (Å²) in [5.74, 6) is -0.789. The van der Waals surface area contributed by atoms with E-state index in [9.17, 15) is 14.0 Å². The lowest BCUT2D eigenvalue weighted by Crippen LogP contribution is -2.21. The van der Waals surface area contributed by atoms with Gasteiger partial charge in [0.1, 0.15) is 5.82 Å². The van der Waals surface area contributed by atoms with E-state index in [1.165, 1.54) is 20.3 Å². The molecule has 6 nitrogen and oxygen atoms in total. The normalized spacial score (nSPS) is 10.1. The molecular weight excluding hydrogens is 397 g/mol. The van der Waals surface area contributed by atoms with E-state index in [4.69, 9.17) is 14.2 Å². The molecule has 0 aliphatic rings. The molecule has 0 aromatic heterocycles. The van der Waals surface area contributed by atoms with Crippen LogP contribution in [0.1, 0.15) is 10.4 Å². The van der Waals surface area contributed by atoms with Gasteiger partial charge in [-0.05, 0) is 46.3 Å². The van der Waals surface area contributed by atoms with Crippen LogP contribution in [0.5, 0.6) is 11.5 Å². The number of ether oxygens (including phenoxy) is 3. The molecule has 0 spiro atoms. The van der Waals surface area contributed by atoms with Crippen molar-refractivity contribution in [2.24, 2.45) is 0 Å². The summed E-state index contributed by atoms with van der Waals surface area (Å²) in [6, 6.07) is 8.38. The van der Waals surface area contributed by atoms with Gasteiger partial charge >= 0.3 is 5.97 Å². The summed E-state index contributed by atoms with van der Waals surface area (Å²) in [5, 5.41) is 2.58. The van der Waals surface area contributed by atoms with Gasteiger partial charge in [0.25, 0.3) is 5.91 Å². The topological polar surface area (TPSA) is 73.9 Å². The van der Waals surface area contributed by atoms with Gasteiger partial charge in [-0.3, -0.25) is 4.79 Å². The lowest BCUT2D eigenvalue weighted by atomic mass is 10.2. The Hall–Kier alpha value is -2.61. The highest BCUT2D eigenvalue weighted by Gasteiger charge is 2.14. The fourth-order valence-electron chi connectivity index (χ4n) is 1.97. The van der Waals surface area contributed by atoms with Crippen LogP contribution >= 0.6 is 15.9 Å². The number of methoxy groups -OCH3 is 2. The van der Waals surface area contributed by atoms with Gasteiger partial charge in [0.2, 0.25) is 0 Å². The molecule has 0 fully saturated rings. The van der Waals surface area contributed by atoms with Crippen LogP contribution in [0.4, 0.5) is 10.1 Å². The molecule has 1 amide bonds. The molecule has 2 aromatic carbocycles. The molecule has 25 heavy (non-hydrogen) atoms. The van der Waals surface area contributed by atoms with Crippen molar-refractivity contribution < 1.29 is 28.2 Å². The largest absolute Gasteiger partial charge is 0.493 e. The zero-order valence-corrected chi connectivity index (χ0v) is 15.1. The van der Waals surface area contributed by atoms with Crippen molar-refractivity contribution in [3.05, 3.63) is 52.3 Å². The number of amides is 1. The van der Waals surface area contributed by atoms with Gasteiger partial charge in [0.15, 0.2) is 18.1 Å². The minimum Gasteiger partial charge on any atom is -0.493 e. The first-order valence-corrected chi connectivity index (χ1v) is 7.88. The maximum absolute atomic E-state index is 13.0. The first-order valence-electron chi connectivity index (χ1n) is 7.08. The minimum atomic E-state index is -0.741. The molecule has 0 heterocycles. The number of benzene rings is 2. The smallest absolute Gasteiger partial charge is 0.339 e. The lowest BCUT2D eigenvalue weighted by Gasteiger charge is -2.11. The van der Waals surface area contributed by atoms with Gasteiger partial charge in [-0.2, -0.15) is 0 Å². The van der Waals surface area contributed by atoms with Crippen LogP contribution in [0.25, 0.3) is 0 Å². The average Bonchev–Trinajstić information content (AvgIpc) is 2.59. The van der Waals surface area contributed by atoms with E-state index in [2.05, 4.69) is 21.2 Å². The third-order valence-corrected chi connectivity index (χ3v) is 3.81. The molecule has 0 aliphatic carbocycles. The summed E-state index contributed by atoms with van der Waals surface area (Å²) in [4.78, 5) is 23.8. The second-order valence-corrected chi connectivity index (χ2v) is 5.67. The Bertz CT molecular complexity index is 797. The van der Waals surface area contributed by atoms with E-state index in [-0.39, 0.29) is 10.0 Å². The SMILES string of the molecule is COc1ccc(NC(=O)COC(=O)c2ccc(F)cc2Br)cc1OC. The summed E-state index contributed by atoms with van der Waals surface area (Å²) in [6.45, 7) is -0.489. The maximum atomic E-state index is 13.0. The predicted molar refractivity (Wildman–Crippen MR) is 92.6 cm³/mol. The molecule has 0 radical (unpaired) electrons. The molecule has 0 saturated heterocycles. The average molecular weight is 412 g/mol. The van der Waals surface area contributed by atoms with Gasteiger partial charge < -0.3 is 19.5 Å². The number of esters is 1. The van der Waals surface area contributed by atoms with Gasteiger partial charge in [-0.1, -0.05) is 0 Å². The first-order chi connectivity index (χ1) is 11.9. The second-order valence-electron chi connectivity index (χ2n) is 4.82. The number of anilines is 1. The monoisotopic (exact) mass is 411 g/mol. The highest BCUT2D eigenvalue weighted by molar-refractivity contribution is 9.10. The van der Waals surface area contributed by atoms with E-state index in [0.29, 0.717) is 17.2 Å². The molecule has 0 saturated carbocycles. The molecule has 8 heteroatoms. The fraction of sp³-hybridized carbons (Fsp3) is 0.176. The number of carbonyl (C=O) groups excluding carboxylic acids is 2. The molecule has 132 valence electrons. The van der Waals surface area contributed by atoms with E-state index < -0.39 is 24.3 Å². The zero-order chi connectivity index (χ0) is 18.4. The summed E-state index contributed by atoms with van der Waals surface area (Å²) in [7, 11) is 2.98. The molecular formula is C17H15BrFNO5. The highest BCUT2D eigenvalue weighted by atomic mass is 79.9. The van der Waals surface area contributed by atoms with Crippen LogP contribution in [0.15, 0.2) is 40.9 Å². The van der Waals surface area contributed by atoms with Crippen molar-refractivity contribution in [3.8, 4) is 11.5 Å². The quantitative estimate of drug-likeness (QED) is 0.737. The van der Waals surface area contributed by atoms with Gasteiger partial charge in [-0.25, -0.2) is 9.18 Å². The lowest BCUT2D eigenvalue weighted by molar-refractivity contribution is -0.119. The van der Waals surface area contributed by atoms with Crippen molar-refractivity contribution in [1.29, 1.82) is 0 Å². The van der Waals surface area contributed by atoms with Crippen molar-refractivity contribution in [2.75, 3.05) is 26.1 Å². The van der Waals surface area contributed by atoms with Crippen LogP contribution in [0.2, 0.25) is 0 Å². The summed E-state index contributed by atoms with van der Waals surface area (Å²) in [5.41, 5.74) is 0.585. The van der Waals surface area contributed by atoms with Crippen molar-refractivity contribution in [2.45, 2.75) is 0 Å². The Morgan fingerprint density at radius 1 is 1.08 bits per heavy atom. The second kappa shape index (κ2) is 8.48. The number of halogens is 2. The number of rotatable bonds is 6. The third kappa shape index (κ3) is 4.93. The number of nitrogens with one attached hydrogen (secondary N) is 1. The van der Waals surface area contributed by atoms with E-state index in [1.54, 1.807) is 18.2 Å². The van der Waals surface area contributed by atoms with E-state index >= 15 is 0 Å². The van der Waals surface area contributed by atoms with Crippen molar-refractivity contribution in [1.82, 2.24) is 0 Å². The number of carbonyl (C=O) groups is 2. The number of hydrogen-bond donors (Lipinski definition) is 1. The minimum absolute atomic E-state index is 0.125. The van der Waals surface area contributed by atoms with E-state index in [1.807, 2.05) is 0 Å². The Kier molecular flexibility index (Phi) is 6.35. The van der Waals surface area contributed by atoms with Crippen LogP contribution in [-0.2, 0) is 9.53 Å². The molecule has 0 atom stereocenters. The van der Waals surface area contributed by atoms with Gasteiger partial charge in [0, 0.05) is 16.2 Å². The molecule has 0 unspecified atom stereocenters. The van der Waals surface area contributed by atoms with Crippen LogP contribution < -0.4 is 14.8 Å². The first kappa shape index (κ1) is 18.7. The standard InChI is InChI=1S/C17H15BrFNO5/c1-23-14-6-4-11(8-15(14)24-2)20-16(21)9-25-17(22)12-5-3-10(19)7-13(12)18/h3-8H,9H2,1-2H3,(H,20,21). The van der Waals surface area contributed by atoms with Gasteiger partial charge in [-0.15, -0.1) is 0 Å². The third-order valence-electron chi connectivity index (χ3n) is 3.15.